The molecule has 0 radical (unpaired) electrons. The van der Waals surface area contributed by atoms with E-state index in [9.17, 15) is 14.4 Å². The summed E-state index contributed by atoms with van der Waals surface area (Å²) in [5.41, 5.74) is -1.19. The summed E-state index contributed by atoms with van der Waals surface area (Å²) in [5, 5.41) is 0. The third-order valence-corrected chi connectivity index (χ3v) is 4.22. The Bertz CT molecular complexity index is 689. The van der Waals surface area contributed by atoms with Crippen molar-refractivity contribution >= 4 is 17.9 Å². The van der Waals surface area contributed by atoms with Crippen molar-refractivity contribution in [2.24, 2.45) is 5.41 Å². The average Bonchev–Trinajstić information content (AvgIpc) is 2.71. The van der Waals surface area contributed by atoms with E-state index in [0.29, 0.717) is 11.1 Å². The van der Waals surface area contributed by atoms with Gasteiger partial charge in [0.25, 0.3) is 5.41 Å². The second-order valence-corrected chi connectivity index (χ2v) is 5.54. The molecule has 136 valence electrons. The van der Waals surface area contributed by atoms with Crippen LogP contribution in [0.2, 0.25) is 0 Å². The molecule has 0 fully saturated rings. The fourth-order valence-electron chi connectivity index (χ4n) is 3.07. The van der Waals surface area contributed by atoms with Gasteiger partial charge in [-0.3, -0.25) is 14.4 Å². The van der Waals surface area contributed by atoms with Crippen LogP contribution >= 0.6 is 0 Å². The van der Waals surface area contributed by atoms with Crippen LogP contribution in [0.5, 0.6) is 0 Å². The summed E-state index contributed by atoms with van der Waals surface area (Å²) in [4.78, 5) is 38.4. The summed E-state index contributed by atoms with van der Waals surface area (Å²) >= 11 is 0. The molecule has 2 aromatic carbocycles. The summed E-state index contributed by atoms with van der Waals surface area (Å²) in [7, 11) is 3.32. The molecule has 0 aliphatic carbocycles. The Kier molecular flexibility index (Phi) is 6.11. The first-order valence-electron chi connectivity index (χ1n) is 7.89. The molecule has 0 saturated heterocycles. The zero-order valence-corrected chi connectivity index (χ0v) is 14.8. The summed E-state index contributed by atoms with van der Waals surface area (Å²) in [6.07, 6.45) is 0. The molecule has 0 unspecified atom stereocenters. The molecule has 0 bridgehead atoms. The van der Waals surface area contributed by atoms with Gasteiger partial charge < -0.3 is 14.2 Å². The van der Waals surface area contributed by atoms with Gasteiger partial charge in [-0.25, -0.2) is 0 Å². The van der Waals surface area contributed by atoms with Gasteiger partial charge in [-0.15, -0.1) is 0 Å². The van der Waals surface area contributed by atoms with Crippen molar-refractivity contribution in [1.82, 2.24) is 0 Å². The molecule has 0 spiro atoms. The monoisotopic (exact) mass is 356 g/mol. The molecule has 0 aromatic heterocycles. The van der Waals surface area contributed by atoms with Crippen molar-refractivity contribution in [2.45, 2.75) is 5.92 Å². The molecule has 6 nitrogen and oxygen atoms in total. The van der Waals surface area contributed by atoms with Crippen molar-refractivity contribution in [3.8, 4) is 0 Å². The van der Waals surface area contributed by atoms with Crippen LogP contribution in [0.3, 0.4) is 0 Å². The topological polar surface area (TPSA) is 78.9 Å². The lowest BCUT2D eigenvalue weighted by atomic mass is 9.68. The number of methoxy groups -OCH3 is 3. The summed E-state index contributed by atoms with van der Waals surface area (Å²) in [5.74, 6) is -4.13. The van der Waals surface area contributed by atoms with Gasteiger partial charge in [-0.2, -0.15) is 0 Å². The van der Waals surface area contributed by atoms with Gasteiger partial charge in [0.1, 0.15) is 0 Å². The lowest BCUT2D eigenvalue weighted by Crippen LogP contribution is -2.53. The van der Waals surface area contributed by atoms with E-state index in [1.807, 2.05) is 0 Å². The normalized spacial score (nSPS) is 10.9. The fourth-order valence-corrected chi connectivity index (χ4v) is 3.07. The minimum Gasteiger partial charge on any atom is -0.468 e. The zero-order chi connectivity index (χ0) is 19.2. The van der Waals surface area contributed by atoms with Crippen LogP contribution in [0.1, 0.15) is 17.0 Å². The van der Waals surface area contributed by atoms with E-state index >= 15 is 0 Å². The quantitative estimate of drug-likeness (QED) is 0.449. The summed E-state index contributed by atoms with van der Waals surface area (Å²) < 4.78 is 14.5. The van der Waals surface area contributed by atoms with Crippen molar-refractivity contribution in [3.63, 3.8) is 0 Å². The molecule has 2 rings (SSSR count). The third-order valence-electron chi connectivity index (χ3n) is 4.22. The van der Waals surface area contributed by atoms with Crippen LogP contribution in [-0.2, 0) is 28.6 Å². The molecule has 0 amide bonds. The van der Waals surface area contributed by atoms with E-state index in [1.54, 1.807) is 60.7 Å². The highest BCUT2D eigenvalue weighted by molar-refractivity contribution is 6.19. The van der Waals surface area contributed by atoms with Crippen LogP contribution in [-0.4, -0.2) is 39.2 Å². The Balaban J connectivity index is 2.87. The maximum atomic E-state index is 12.8. The molecule has 0 saturated carbocycles. The van der Waals surface area contributed by atoms with Gasteiger partial charge in [0.05, 0.1) is 21.3 Å². The first-order chi connectivity index (χ1) is 12.5. The van der Waals surface area contributed by atoms with Crippen LogP contribution in [0.15, 0.2) is 60.7 Å². The number of esters is 3. The maximum Gasteiger partial charge on any atom is 0.335 e. The van der Waals surface area contributed by atoms with E-state index in [0.717, 1.165) is 21.3 Å². The van der Waals surface area contributed by atoms with Crippen molar-refractivity contribution < 1.29 is 28.6 Å². The van der Waals surface area contributed by atoms with Gasteiger partial charge in [0.2, 0.25) is 0 Å². The molecule has 0 N–H and O–H groups in total. The van der Waals surface area contributed by atoms with Crippen molar-refractivity contribution in [2.75, 3.05) is 21.3 Å². The minimum atomic E-state index is -2.33. The van der Waals surface area contributed by atoms with Gasteiger partial charge in [-0.1, -0.05) is 60.7 Å². The second-order valence-electron chi connectivity index (χ2n) is 5.54. The number of rotatable bonds is 6. The Hall–Kier alpha value is -3.15. The van der Waals surface area contributed by atoms with Crippen molar-refractivity contribution in [3.05, 3.63) is 71.8 Å². The molecule has 2 aromatic rings. The Morgan fingerprint density at radius 1 is 0.654 bits per heavy atom. The van der Waals surface area contributed by atoms with Crippen LogP contribution in [0.4, 0.5) is 0 Å². The Morgan fingerprint density at radius 2 is 0.962 bits per heavy atom. The molecular weight excluding hydrogens is 336 g/mol. The summed E-state index contributed by atoms with van der Waals surface area (Å²) in [6.45, 7) is 0. The Morgan fingerprint density at radius 3 is 1.23 bits per heavy atom. The van der Waals surface area contributed by atoms with Crippen LogP contribution in [0, 0.1) is 5.41 Å². The molecule has 6 heteroatoms. The predicted molar refractivity (Wildman–Crippen MR) is 93.2 cm³/mol. The van der Waals surface area contributed by atoms with E-state index in [-0.39, 0.29) is 0 Å². The van der Waals surface area contributed by atoms with Gasteiger partial charge in [0.15, 0.2) is 0 Å². The smallest absolute Gasteiger partial charge is 0.335 e. The SMILES string of the molecule is COC(=O)C(C(=O)OC)(C(=O)OC)C(c1ccccc1)c1ccccc1. The lowest BCUT2D eigenvalue weighted by molar-refractivity contribution is -0.181. The standard InChI is InChI=1S/C20H20O6/c1-24-17(21)20(18(22)25-2,19(23)26-3)16(14-10-6-4-7-11-14)15-12-8-5-9-13-15/h4-13,16H,1-3H3. The minimum absolute atomic E-state index is 0.569. The first kappa shape index (κ1) is 19.2. The third kappa shape index (κ3) is 3.18. The molecule has 26 heavy (non-hydrogen) atoms. The average molecular weight is 356 g/mol. The number of hydrogen-bond donors (Lipinski definition) is 0. The van der Waals surface area contributed by atoms with E-state index in [1.165, 1.54) is 0 Å². The highest BCUT2D eigenvalue weighted by atomic mass is 16.6. The van der Waals surface area contributed by atoms with E-state index < -0.39 is 29.2 Å². The number of carbonyl (C=O) groups excluding carboxylic acids is 3. The molecule has 0 atom stereocenters. The van der Waals surface area contributed by atoms with Crippen LogP contribution < -0.4 is 0 Å². The van der Waals surface area contributed by atoms with Gasteiger partial charge in [0, 0.05) is 5.92 Å². The number of benzene rings is 2. The lowest BCUT2D eigenvalue weighted by Gasteiger charge is -2.33. The van der Waals surface area contributed by atoms with Gasteiger partial charge in [-0.05, 0) is 11.1 Å². The number of carbonyl (C=O) groups is 3. The summed E-state index contributed by atoms with van der Waals surface area (Å²) in [6, 6.07) is 17.5. The predicted octanol–water partition coefficient (Wildman–Crippen LogP) is 2.32. The molecular formula is C20H20O6. The van der Waals surface area contributed by atoms with Gasteiger partial charge >= 0.3 is 17.9 Å². The highest BCUT2D eigenvalue weighted by Crippen LogP contribution is 2.44. The zero-order valence-electron chi connectivity index (χ0n) is 14.8. The Labute approximate surface area is 151 Å². The largest absolute Gasteiger partial charge is 0.468 e. The highest BCUT2D eigenvalue weighted by Gasteiger charge is 2.63. The first-order valence-corrected chi connectivity index (χ1v) is 7.89. The molecule has 0 aliphatic rings. The number of hydrogen-bond acceptors (Lipinski definition) is 6. The fraction of sp³-hybridized carbons (Fsp3) is 0.250. The van der Waals surface area contributed by atoms with E-state index in [2.05, 4.69) is 0 Å². The maximum absolute atomic E-state index is 12.8. The van der Waals surface area contributed by atoms with E-state index in [4.69, 9.17) is 14.2 Å². The van der Waals surface area contributed by atoms with Crippen molar-refractivity contribution in [1.29, 1.82) is 0 Å². The molecule has 0 aliphatic heterocycles. The molecule has 0 heterocycles. The second kappa shape index (κ2) is 8.29. The van der Waals surface area contributed by atoms with Crippen LogP contribution in [0.25, 0.3) is 0 Å². The number of ether oxygens (including phenoxy) is 3.